The number of carboxylic acids is 1. The lowest BCUT2D eigenvalue weighted by Gasteiger charge is -2.20. The predicted molar refractivity (Wildman–Crippen MR) is 160 cm³/mol. The van der Waals surface area contributed by atoms with Crippen LogP contribution in [0.25, 0.3) is 0 Å². The number of aliphatic carboxylic acids is 1. The molecule has 0 saturated heterocycles. The third-order valence-electron chi connectivity index (χ3n) is 5.58. The number of hydrogen-bond donors (Lipinski definition) is 3. The van der Waals surface area contributed by atoms with E-state index in [9.17, 15) is 19.5 Å². The van der Waals surface area contributed by atoms with Crippen LogP contribution in [0.15, 0.2) is 34.4 Å². The van der Waals surface area contributed by atoms with E-state index in [1.165, 1.54) is 34.1 Å². The Kier molecular flexibility index (Phi) is 17.8. The van der Waals surface area contributed by atoms with Crippen LogP contribution in [0.5, 0.6) is 0 Å². The second kappa shape index (κ2) is 18.9. The van der Waals surface area contributed by atoms with Crippen molar-refractivity contribution in [1.29, 1.82) is 0 Å². The summed E-state index contributed by atoms with van der Waals surface area (Å²) >= 11 is 1.53. The van der Waals surface area contributed by atoms with Crippen LogP contribution in [-0.2, 0) is 14.3 Å². The molecule has 0 spiro atoms. The summed E-state index contributed by atoms with van der Waals surface area (Å²) in [6.07, 6.45) is 9.11. The molecule has 0 fully saturated rings. The molecule has 3 N–H and O–H groups in total. The van der Waals surface area contributed by atoms with E-state index in [-0.39, 0.29) is 18.7 Å². The summed E-state index contributed by atoms with van der Waals surface area (Å²) in [6, 6.07) is -0.985. The van der Waals surface area contributed by atoms with Gasteiger partial charge in [-0.25, -0.2) is 9.59 Å². The average Bonchev–Trinajstić information content (AvgIpc) is 2.75. The number of hydrogen-bond acceptors (Lipinski definition) is 5. The number of carbonyl (C=O) groups is 3. The number of carboxylic acid groups (broad SMARTS) is 1. The fourth-order valence-electron chi connectivity index (χ4n) is 3.59. The van der Waals surface area contributed by atoms with Crippen molar-refractivity contribution in [3.05, 3.63) is 34.4 Å². The van der Waals surface area contributed by atoms with Gasteiger partial charge in [-0.05, 0) is 86.5 Å². The van der Waals surface area contributed by atoms with E-state index >= 15 is 0 Å². The molecule has 0 aliphatic rings. The highest BCUT2D eigenvalue weighted by Gasteiger charge is 2.21. The van der Waals surface area contributed by atoms with Crippen LogP contribution in [0.3, 0.4) is 0 Å². The molecule has 0 radical (unpaired) electrons. The number of ether oxygens (including phenoxy) is 1. The molecule has 0 aromatic rings. The Morgan fingerprint density at radius 2 is 1.61 bits per heavy atom. The van der Waals surface area contributed by atoms with Gasteiger partial charge < -0.3 is 20.5 Å². The number of rotatable bonds is 17. The molecule has 0 heterocycles. The zero-order valence-electron chi connectivity index (χ0n) is 25.2. The normalized spacial score (nSPS) is 13.5. The number of carbonyl (C=O) groups excluding carboxylic acids is 2. The third-order valence-corrected chi connectivity index (χ3v) is 6.70. The summed E-state index contributed by atoms with van der Waals surface area (Å²) in [4.78, 5) is 35.7. The molecule has 2 amide bonds. The van der Waals surface area contributed by atoms with Gasteiger partial charge in [-0.2, -0.15) is 11.8 Å². The van der Waals surface area contributed by atoms with Crippen LogP contribution in [0.1, 0.15) is 101 Å². The van der Waals surface area contributed by atoms with Crippen LogP contribution in [0.2, 0.25) is 0 Å². The summed E-state index contributed by atoms with van der Waals surface area (Å²) in [5.74, 6) is 0.0430. The van der Waals surface area contributed by atoms with E-state index in [0.29, 0.717) is 5.92 Å². The van der Waals surface area contributed by atoms with E-state index in [4.69, 9.17) is 4.74 Å². The SMILES string of the molecule is CC(C)=CCCC(C)=CCCC(C)=C(CSCC(NC(=O)CCNC(=O)OC(C)(C)C)C(=O)O)CC(C)C. The smallest absolute Gasteiger partial charge is 0.407 e. The number of nitrogens with one attached hydrogen (secondary N) is 2. The number of alkyl carbamates (subject to hydrolysis) is 1. The summed E-state index contributed by atoms with van der Waals surface area (Å²) in [6.45, 7) is 18.3. The van der Waals surface area contributed by atoms with Gasteiger partial charge in [-0.3, -0.25) is 4.79 Å². The Morgan fingerprint density at radius 3 is 2.16 bits per heavy atom. The average molecular weight is 553 g/mol. The first-order valence-corrected chi connectivity index (χ1v) is 14.8. The Morgan fingerprint density at radius 1 is 0.974 bits per heavy atom. The van der Waals surface area contributed by atoms with Gasteiger partial charge in [-0.1, -0.05) is 48.3 Å². The van der Waals surface area contributed by atoms with Gasteiger partial charge in [0.2, 0.25) is 5.91 Å². The van der Waals surface area contributed by atoms with Crippen molar-refractivity contribution in [2.45, 2.75) is 112 Å². The third kappa shape index (κ3) is 19.8. The minimum atomic E-state index is -1.06. The molecule has 1 atom stereocenters. The molecule has 0 bridgehead atoms. The number of amides is 2. The van der Waals surface area contributed by atoms with Gasteiger partial charge in [0.15, 0.2) is 0 Å². The highest BCUT2D eigenvalue weighted by Crippen LogP contribution is 2.24. The molecule has 0 aromatic carbocycles. The Labute approximate surface area is 235 Å². The topological polar surface area (TPSA) is 105 Å². The first kappa shape index (κ1) is 35.8. The fourth-order valence-corrected chi connectivity index (χ4v) is 4.78. The largest absolute Gasteiger partial charge is 0.480 e. The first-order valence-electron chi connectivity index (χ1n) is 13.6. The Hall–Kier alpha value is -2.22. The Bertz CT molecular complexity index is 849. The van der Waals surface area contributed by atoms with Gasteiger partial charge in [0, 0.05) is 24.5 Å². The minimum Gasteiger partial charge on any atom is -0.480 e. The van der Waals surface area contributed by atoms with E-state index < -0.39 is 29.6 Å². The maximum absolute atomic E-state index is 12.3. The summed E-state index contributed by atoms with van der Waals surface area (Å²) in [7, 11) is 0. The van der Waals surface area contributed by atoms with Crippen LogP contribution < -0.4 is 10.6 Å². The number of thioether (sulfide) groups is 1. The molecule has 0 saturated carbocycles. The molecule has 7 nitrogen and oxygen atoms in total. The van der Waals surface area contributed by atoms with Crippen molar-refractivity contribution in [2.75, 3.05) is 18.1 Å². The maximum Gasteiger partial charge on any atom is 0.407 e. The van der Waals surface area contributed by atoms with Crippen molar-refractivity contribution < 1.29 is 24.2 Å². The van der Waals surface area contributed by atoms with Crippen LogP contribution in [0.4, 0.5) is 4.79 Å². The summed E-state index contributed by atoms with van der Waals surface area (Å²) < 4.78 is 5.13. The van der Waals surface area contributed by atoms with Crippen LogP contribution in [-0.4, -0.2) is 52.8 Å². The lowest BCUT2D eigenvalue weighted by atomic mass is 9.97. The fraction of sp³-hybridized carbons (Fsp3) is 0.700. The molecule has 0 aliphatic heterocycles. The standard InChI is InChI=1S/C30H52N2O5S/c1-21(2)12-10-13-23(5)14-11-15-24(6)25(18-22(3)4)19-38-20-26(28(34)35)32-27(33)16-17-31-29(36)37-30(7,8)9/h12,14,22,26H,10-11,13,15-20H2,1-9H3,(H,31,36)(H,32,33)(H,34,35). The van der Waals surface area contributed by atoms with Gasteiger partial charge >= 0.3 is 12.1 Å². The minimum absolute atomic E-state index is 0.0213. The van der Waals surface area contributed by atoms with Gasteiger partial charge in [0.25, 0.3) is 0 Å². The zero-order valence-corrected chi connectivity index (χ0v) is 26.0. The summed E-state index contributed by atoms with van der Waals surface area (Å²) in [5.41, 5.74) is 4.87. The van der Waals surface area contributed by atoms with Crippen LogP contribution in [0, 0.1) is 5.92 Å². The lowest BCUT2D eigenvalue weighted by Crippen LogP contribution is -2.44. The molecular weight excluding hydrogens is 500 g/mol. The second-order valence-corrected chi connectivity index (χ2v) is 12.6. The molecule has 0 aromatic heterocycles. The maximum atomic E-state index is 12.3. The van der Waals surface area contributed by atoms with Crippen molar-refractivity contribution >= 4 is 29.7 Å². The molecule has 218 valence electrons. The van der Waals surface area contributed by atoms with E-state index in [0.717, 1.165) is 37.9 Å². The monoisotopic (exact) mass is 552 g/mol. The zero-order chi connectivity index (χ0) is 29.3. The highest BCUT2D eigenvalue weighted by atomic mass is 32.2. The molecule has 0 aliphatic carbocycles. The van der Waals surface area contributed by atoms with Crippen molar-refractivity contribution in [3.8, 4) is 0 Å². The van der Waals surface area contributed by atoms with E-state index in [1.54, 1.807) is 20.8 Å². The van der Waals surface area contributed by atoms with E-state index in [1.807, 2.05) is 0 Å². The quantitative estimate of drug-likeness (QED) is 0.167. The lowest BCUT2D eigenvalue weighted by molar-refractivity contribution is -0.141. The predicted octanol–water partition coefficient (Wildman–Crippen LogP) is 7.04. The van der Waals surface area contributed by atoms with Crippen molar-refractivity contribution in [2.24, 2.45) is 5.92 Å². The molecule has 8 heteroatoms. The van der Waals surface area contributed by atoms with Crippen molar-refractivity contribution in [1.82, 2.24) is 10.6 Å². The van der Waals surface area contributed by atoms with E-state index in [2.05, 4.69) is 64.3 Å². The second-order valence-electron chi connectivity index (χ2n) is 11.5. The molecule has 0 rings (SSSR count). The van der Waals surface area contributed by atoms with Gasteiger partial charge in [0.05, 0.1) is 0 Å². The highest BCUT2D eigenvalue weighted by molar-refractivity contribution is 7.99. The molecule has 38 heavy (non-hydrogen) atoms. The summed E-state index contributed by atoms with van der Waals surface area (Å²) in [5, 5.41) is 14.7. The molecular formula is C30H52N2O5S. The van der Waals surface area contributed by atoms with Crippen LogP contribution >= 0.6 is 11.8 Å². The Balaban J connectivity index is 4.82. The van der Waals surface area contributed by atoms with Gasteiger partial charge in [-0.15, -0.1) is 0 Å². The first-order chi connectivity index (χ1) is 17.6. The van der Waals surface area contributed by atoms with Crippen molar-refractivity contribution in [3.63, 3.8) is 0 Å². The molecule has 1 unspecified atom stereocenters. The number of allylic oxidation sites excluding steroid dienone is 5. The van der Waals surface area contributed by atoms with Gasteiger partial charge in [0.1, 0.15) is 11.6 Å².